The van der Waals surface area contributed by atoms with Gasteiger partial charge in [0.05, 0.1) is 31.2 Å². The fourth-order valence-electron chi connectivity index (χ4n) is 11.1. The number of fused-ring (bicyclic) bond motifs is 10. The Bertz CT molecular complexity index is 1010. The first-order chi connectivity index (χ1) is 17.4. The molecule has 7 aliphatic rings. The summed E-state index contributed by atoms with van der Waals surface area (Å²) in [6, 6.07) is 0. The highest BCUT2D eigenvalue weighted by Crippen LogP contribution is 2.72. The topological polar surface area (TPSA) is 74.2 Å². The van der Waals surface area contributed by atoms with Gasteiger partial charge in [-0.3, -0.25) is 4.79 Å². The third-order valence-electron chi connectivity index (χ3n) is 12.7. The summed E-state index contributed by atoms with van der Waals surface area (Å²) in [5.74, 6) is 1.92. The van der Waals surface area contributed by atoms with Crippen molar-refractivity contribution < 1.29 is 28.8 Å². The number of aliphatic hydroxyl groups excluding tert-OH is 1. The van der Waals surface area contributed by atoms with Gasteiger partial charge in [-0.05, 0) is 86.4 Å². The van der Waals surface area contributed by atoms with Crippen LogP contribution in [0.25, 0.3) is 0 Å². The van der Waals surface area contributed by atoms with Gasteiger partial charge in [0.15, 0.2) is 17.4 Å². The molecule has 1 N–H and O–H groups in total. The molecule has 3 heterocycles. The average molecular weight is 515 g/mol. The lowest BCUT2D eigenvalue weighted by atomic mass is 9.43. The Morgan fingerprint density at radius 2 is 1.68 bits per heavy atom. The Labute approximate surface area is 221 Å². The van der Waals surface area contributed by atoms with E-state index >= 15 is 0 Å². The molecule has 4 aliphatic carbocycles. The fraction of sp³-hybridized carbons (Fsp3) is 0.903. The first-order valence-electron chi connectivity index (χ1n) is 15.0. The molecule has 0 aromatic carbocycles. The van der Waals surface area contributed by atoms with Crippen molar-refractivity contribution in [2.75, 3.05) is 6.61 Å². The number of aliphatic hydroxyl groups is 1. The molecule has 0 unspecified atom stereocenters. The van der Waals surface area contributed by atoms with Crippen LogP contribution in [0.1, 0.15) is 86.5 Å². The van der Waals surface area contributed by atoms with Crippen LogP contribution in [0.4, 0.5) is 0 Å². The number of allylic oxidation sites excluding steroid dienone is 1. The molecule has 0 aromatic heterocycles. The van der Waals surface area contributed by atoms with Gasteiger partial charge in [-0.15, -0.1) is 0 Å². The van der Waals surface area contributed by atoms with Crippen molar-refractivity contribution in [3.63, 3.8) is 0 Å². The van der Waals surface area contributed by atoms with E-state index in [1.165, 1.54) is 12.8 Å². The Balaban J connectivity index is 1.26. The summed E-state index contributed by atoms with van der Waals surface area (Å²) >= 11 is 0. The molecule has 7 fully saturated rings. The smallest absolute Gasteiger partial charge is 0.171 e. The first-order valence-corrected chi connectivity index (χ1v) is 15.0. The lowest BCUT2D eigenvalue weighted by Crippen LogP contribution is -2.63. The molecule has 1 spiro atoms. The molecule has 6 heteroatoms. The number of ketones is 1. The number of hydrogen-bond acceptors (Lipinski definition) is 6. The van der Waals surface area contributed by atoms with E-state index in [-0.39, 0.29) is 40.8 Å². The summed E-state index contributed by atoms with van der Waals surface area (Å²) in [6.07, 6.45) is 7.87. The second kappa shape index (κ2) is 7.83. The van der Waals surface area contributed by atoms with E-state index in [0.29, 0.717) is 53.9 Å². The van der Waals surface area contributed by atoms with Crippen LogP contribution in [0.15, 0.2) is 11.8 Å². The van der Waals surface area contributed by atoms with Gasteiger partial charge in [0, 0.05) is 30.3 Å². The van der Waals surface area contributed by atoms with Crippen LogP contribution in [0.3, 0.4) is 0 Å². The van der Waals surface area contributed by atoms with Crippen molar-refractivity contribution in [2.45, 2.75) is 116 Å². The Morgan fingerprint density at radius 1 is 0.919 bits per heavy atom. The predicted octanol–water partition coefficient (Wildman–Crippen LogP) is 5.79. The van der Waals surface area contributed by atoms with Crippen LogP contribution in [0, 0.1) is 52.3 Å². The van der Waals surface area contributed by atoms with E-state index in [9.17, 15) is 9.90 Å². The van der Waals surface area contributed by atoms with Crippen LogP contribution in [0.2, 0.25) is 0 Å². The average Bonchev–Trinajstić information content (AvgIpc) is 3.42. The van der Waals surface area contributed by atoms with Gasteiger partial charge in [-0.1, -0.05) is 27.7 Å². The maximum Gasteiger partial charge on any atom is 0.171 e. The van der Waals surface area contributed by atoms with E-state index in [0.717, 1.165) is 32.1 Å². The molecule has 0 amide bonds. The highest BCUT2D eigenvalue weighted by molar-refractivity contribution is 5.96. The van der Waals surface area contributed by atoms with Crippen molar-refractivity contribution in [2.24, 2.45) is 52.3 Å². The SMILES string of the molecule is C[C@@H]1CC[C@@]2(OC1)O[C@H]1C[C@H]3[C@@H]4[C@H]5OC(C)(C)O[C@@H]5[C@H]5CC(=O)C(=CO)C[C@]5(C)[C@H]4CC[C@]3(C)[C@H]1[C@@H]2C. The van der Waals surface area contributed by atoms with Crippen molar-refractivity contribution in [3.8, 4) is 0 Å². The molecule has 7 rings (SSSR count). The standard InChI is InChI=1S/C31H46O6/c1-16-7-10-31(34-15-16)17(2)25-23(35-31)12-20-24-19(8-9-29(20,25)5)30(6)13-18(14-32)22(33)11-21(30)26-27(24)37-28(3,4)36-26/h14,16-17,19-21,23-27,32H,7-13,15H2,1-6H3/t16-,17+,19+,20+,21-,23+,24-,25+,26-,27-,29+,30-,31-/m1/s1. The number of ether oxygens (including phenoxy) is 4. The lowest BCUT2D eigenvalue weighted by molar-refractivity contribution is -0.274. The Morgan fingerprint density at radius 3 is 2.38 bits per heavy atom. The van der Waals surface area contributed by atoms with Crippen LogP contribution in [0.5, 0.6) is 0 Å². The summed E-state index contributed by atoms with van der Waals surface area (Å²) < 4.78 is 26.9. The van der Waals surface area contributed by atoms with Gasteiger partial charge in [0.1, 0.15) is 0 Å². The van der Waals surface area contributed by atoms with Crippen molar-refractivity contribution in [3.05, 3.63) is 11.8 Å². The maximum atomic E-state index is 12.9. The molecule has 6 nitrogen and oxygen atoms in total. The van der Waals surface area contributed by atoms with E-state index < -0.39 is 11.6 Å². The van der Waals surface area contributed by atoms with Gasteiger partial charge in [0.25, 0.3) is 0 Å². The molecule has 37 heavy (non-hydrogen) atoms. The maximum absolute atomic E-state index is 12.9. The first kappa shape index (κ1) is 25.0. The summed E-state index contributed by atoms with van der Waals surface area (Å²) in [7, 11) is 0. The fourth-order valence-corrected chi connectivity index (χ4v) is 11.1. The van der Waals surface area contributed by atoms with Crippen molar-refractivity contribution in [1.29, 1.82) is 0 Å². The molecule has 0 radical (unpaired) electrons. The summed E-state index contributed by atoms with van der Waals surface area (Å²) in [5, 5.41) is 9.93. The van der Waals surface area contributed by atoms with Gasteiger partial charge in [0.2, 0.25) is 0 Å². The number of Topliss-reactive ketones (excluding diaryl/α,β-unsaturated/α-hetero) is 1. The predicted molar refractivity (Wildman–Crippen MR) is 137 cm³/mol. The number of hydrogen-bond donors (Lipinski definition) is 1. The summed E-state index contributed by atoms with van der Waals surface area (Å²) in [6.45, 7) is 14.5. The number of carbonyl (C=O) groups is 1. The van der Waals surface area contributed by atoms with Gasteiger partial charge in [-0.25, -0.2) is 0 Å². The zero-order valence-electron chi connectivity index (χ0n) is 23.5. The molecule has 0 aromatic rings. The van der Waals surface area contributed by atoms with Crippen LogP contribution < -0.4 is 0 Å². The zero-order chi connectivity index (χ0) is 26.1. The Kier molecular flexibility index (Phi) is 5.30. The van der Waals surface area contributed by atoms with Gasteiger partial charge >= 0.3 is 0 Å². The van der Waals surface area contributed by atoms with E-state index in [1.807, 2.05) is 13.8 Å². The van der Waals surface area contributed by atoms with Crippen molar-refractivity contribution >= 4 is 5.78 Å². The third-order valence-corrected chi connectivity index (χ3v) is 12.7. The van der Waals surface area contributed by atoms with Gasteiger partial charge < -0.3 is 24.1 Å². The summed E-state index contributed by atoms with van der Waals surface area (Å²) in [4.78, 5) is 12.9. The van der Waals surface area contributed by atoms with Crippen LogP contribution in [-0.2, 0) is 23.7 Å². The highest BCUT2D eigenvalue weighted by atomic mass is 16.8. The third kappa shape index (κ3) is 3.22. The van der Waals surface area contributed by atoms with E-state index in [2.05, 4.69) is 27.7 Å². The molecular formula is C31H46O6. The molecule has 13 atom stereocenters. The second-order valence-electron chi connectivity index (χ2n) is 14.9. The minimum Gasteiger partial charge on any atom is -0.515 e. The number of carbonyl (C=O) groups excluding carboxylic acids is 1. The highest BCUT2D eigenvalue weighted by Gasteiger charge is 2.73. The minimum atomic E-state index is -0.649. The number of rotatable bonds is 0. The van der Waals surface area contributed by atoms with Crippen molar-refractivity contribution in [1.82, 2.24) is 0 Å². The molecule has 4 saturated carbocycles. The van der Waals surface area contributed by atoms with E-state index in [4.69, 9.17) is 18.9 Å². The van der Waals surface area contributed by atoms with Gasteiger partial charge in [-0.2, -0.15) is 0 Å². The zero-order valence-corrected chi connectivity index (χ0v) is 23.5. The molecule has 0 bridgehead atoms. The Hall–Kier alpha value is -0.950. The normalized spacial score (nSPS) is 59.1. The molecular weight excluding hydrogens is 468 g/mol. The molecule has 3 aliphatic heterocycles. The summed E-state index contributed by atoms with van der Waals surface area (Å²) in [5.41, 5.74) is 0.673. The monoisotopic (exact) mass is 514 g/mol. The largest absolute Gasteiger partial charge is 0.515 e. The van der Waals surface area contributed by atoms with Crippen LogP contribution >= 0.6 is 0 Å². The molecule has 3 saturated heterocycles. The lowest BCUT2D eigenvalue weighted by Gasteiger charge is -2.63. The second-order valence-corrected chi connectivity index (χ2v) is 14.9. The molecule has 206 valence electrons. The van der Waals surface area contributed by atoms with Crippen LogP contribution in [-0.4, -0.2) is 47.4 Å². The minimum absolute atomic E-state index is 0.00466. The van der Waals surface area contributed by atoms with E-state index in [1.54, 1.807) is 0 Å². The quantitative estimate of drug-likeness (QED) is 0.326.